The number of carbonyl (C=O) groups is 1. The number of carboxylic acids is 1. The van der Waals surface area contributed by atoms with E-state index in [-0.39, 0.29) is 5.02 Å². The molecular formula is C27H20ClF3N2O2. The van der Waals surface area contributed by atoms with Gasteiger partial charge in [0.1, 0.15) is 5.82 Å². The molecule has 0 amide bonds. The minimum absolute atomic E-state index is 0.256. The van der Waals surface area contributed by atoms with Crippen molar-refractivity contribution in [3.8, 4) is 0 Å². The second kappa shape index (κ2) is 10.2. The number of nitrogens with zero attached hydrogens (tertiary/aromatic N) is 2. The lowest BCUT2D eigenvalue weighted by molar-refractivity contribution is -0.131. The van der Waals surface area contributed by atoms with E-state index in [4.69, 9.17) is 16.7 Å². The van der Waals surface area contributed by atoms with Gasteiger partial charge in [0.2, 0.25) is 0 Å². The molecule has 4 aromatic rings. The fourth-order valence-electron chi connectivity index (χ4n) is 4.04. The lowest BCUT2D eigenvalue weighted by Crippen LogP contribution is -2.00. The van der Waals surface area contributed by atoms with Crippen LogP contribution in [0.5, 0.6) is 0 Å². The van der Waals surface area contributed by atoms with Gasteiger partial charge >= 0.3 is 12.5 Å². The van der Waals surface area contributed by atoms with Gasteiger partial charge in [-0.1, -0.05) is 54.9 Å². The van der Waals surface area contributed by atoms with Crippen LogP contribution in [0.15, 0.2) is 72.9 Å². The first-order valence-corrected chi connectivity index (χ1v) is 11.1. The molecule has 1 N–H and O–H groups in total. The van der Waals surface area contributed by atoms with Gasteiger partial charge in [0.25, 0.3) is 0 Å². The van der Waals surface area contributed by atoms with Gasteiger partial charge < -0.3 is 5.11 Å². The molecule has 0 fully saturated rings. The molecule has 0 saturated carbocycles. The summed E-state index contributed by atoms with van der Waals surface area (Å²) in [6.07, 6.45) is 4.47. The zero-order chi connectivity index (χ0) is 25.1. The number of aromatic nitrogens is 2. The lowest BCUT2D eigenvalue weighted by atomic mass is 9.87. The Morgan fingerprint density at radius 3 is 2.43 bits per heavy atom. The first-order valence-electron chi connectivity index (χ1n) is 10.7. The molecule has 0 radical (unpaired) electrons. The molecule has 0 spiro atoms. The Kier molecular flexibility index (Phi) is 7.07. The summed E-state index contributed by atoms with van der Waals surface area (Å²) in [6.45, 7) is -0.809. The van der Waals surface area contributed by atoms with Crippen molar-refractivity contribution >= 4 is 45.7 Å². The molecule has 1 heterocycles. The largest absolute Gasteiger partial charge is 0.478 e. The molecule has 0 aliphatic rings. The van der Waals surface area contributed by atoms with Crippen LogP contribution >= 0.6 is 11.6 Å². The van der Waals surface area contributed by atoms with E-state index in [1.54, 1.807) is 36.4 Å². The van der Waals surface area contributed by atoms with E-state index < -0.39 is 18.3 Å². The van der Waals surface area contributed by atoms with E-state index in [9.17, 15) is 18.0 Å². The van der Waals surface area contributed by atoms with Crippen molar-refractivity contribution in [2.45, 2.75) is 19.9 Å². The van der Waals surface area contributed by atoms with Crippen LogP contribution in [0.3, 0.4) is 0 Å². The summed E-state index contributed by atoms with van der Waals surface area (Å²) < 4.78 is 41.0. The number of rotatable bonds is 7. The van der Waals surface area contributed by atoms with Gasteiger partial charge in [0.15, 0.2) is 0 Å². The Hall–Kier alpha value is -3.84. The fraction of sp³-hybridized carbons (Fsp3) is 0.111. The van der Waals surface area contributed by atoms with Crippen LogP contribution in [-0.2, 0) is 4.79 Å². The third-order valence-electron chi connectivity index (χ3n) is 5.60. The fourth-order valence-corrected chi connectivity index (χ4v) is 4.33. The number of alkyl halides is 2. The maximum absolute atomic E-state index is 13.8. The maximum Gasteiger partial charge on any atom is 0.333 e. The molecule has 0 unspecified atom stereocenters. The molecule has 4 nitrogen and oxygen atoms in total. The summed E-state index contributed by atoms with van der Waals surface area (Å²) in [7, 11) is 0. The van der Waals surface area contributed by atoms with Crippen molar-refractivity contribution in [2.24, 2.45) is 0 Å². The first-order chi connectivity index (χ1) is 16.8. The van der Waals surface area contributed by atoms with Crippen LogP contribution in [0.4, 0.5) is 13.2 Å². The van der Waals surface area contributed by atoms with Crippen molar-refractivity contribution in [1.29, 1.82) is 0 Å². The molecule has 0 aliphatic carbocycles. The molecule has 0 saturated heterocycles. The van der Waals surface area contributed by atoms with Gasteiger partial charge in [0.05, 0.1) is 16.7 Å². The highest BCUT2D eigenvalue weighted by molar-refractivity contribution is 6.32. The standard InChI is InChI=1S/C27H20ClF3N2O2/c1-2-21(22-10-9-20(29)14-23(22)28)26(17-6-3-16(4-7-17)5-12-25(34)35)18-8-11-24-19(13-18)15-32-33(24)27(30)31/h3-15,27H,2H2,1H3,(H,34,35). The minimum Gasteiger partial charge on any atom is -0.478 e. The van der Waals surface area contributed by atoms with Crippen LogP contribution in [-0.4, -0.2) is 20.9 Å². The molecule has 3 aromatic carbocycles. The highest BCUT2D eigenvalue weighted by atomic mass is 35.5. The molecule has 4 rings (SSSR count). The highest BCUT2D eigenvalue weighted by Gasteiger charge is 2.18. The normalized spacial score (nSPS) is 12.5. The zero-order valence-electron chi connectivity index (χ0n) is 18.6. The number of fused-ring (bicyclic) bond motifs is 1. The molecule has 35 heavy (non-hydrogen) atoms. The summed E-state index contributed by atoms with van der Waals surface area (Å²) in [5.74, 6) is -1.50. The van der Waals surface area contributed by atoms with E-state index in [0.717, 1.165) is 28.3 Å². The molecule has 0 aliphatic heterocycles. The third kappa shape index (κ3) is 5.15. The van der Waals surface area contributed by atoms with Gasteiger partial charge in [-0.15, -0.1) is 0 Å². The quantitative estimate of drug-likeness (QED) is 0.211. The molecular weight excluding hydrogens is 477 g/mol. The second-order valence-corrected chi connectivity index (χ2v) is 8.17. The molecule has 8 heteroatoms. The SMILES string of the molecule is CCC(=C(c1ccc(C=CC(=O)O)cc1)c1ccc2c(cnn2C(F)F)c1)c1ccc(F)cc1Cl. The van der Waals surface area contributed by atoms with Crippen LogP contribution in [0.25, 0.3) is 28.1 Å². The van der Waals surface area contributed by atoms with E-state index in [2.05, 4.69) is 5.10 Å². The Morgan fingerprint density at radius 1 is 1.09 bits per heavy atom. The van der Waals surface area contributed by atoms with Crippen molar-refractivity contribution in [2.75, 3.05) is 0 Å². The summed E-state index contributed by atoms with van der Waals surface area (Å²) in [5, 5.41) is 13.5. The lowest BCUT2D eigenvalue weighted by Gasteiger charge is -2.18. The van der Waals surface area contributed by atoms with Gasteiger partial charge in [-0.2, -0.15) is 13.9 Å². The predicted molar refractivity (Wildman–Crippen MR) is 132 cm³/mol. The Labute approximate surface area is 204 Å². The van der Waals surface area contributed by atoms with E-state index >= 15 is 0 Å². The van der Waals surface area contributed by atoms with Crippen LogP contribution < -0.4 is 0 Å². The summed E-state index contributed by atoms with van der Waals surface area (Å²) in [6, 6.07) is 16.6. The first kappa shape index (κ1) is 24.3. The zero-order valence-corrected chi connectivity index (χ0v) is 19.3. The number of aliphatic carboxylic acids is 1. The summed E-state index contributed by atoms with van der Waals surface area (Å²) in [4.78, 5) is 10.8. The van der Waals surface area contributed by atoms with Gasteiger partial charge in [0, 0.05) is 11.5 Å². The van der Waals surface area contributed by atoms with Crippen LogP contribution in [0.1, 0.15) is 42.1 Å². The molecule has 0 bridgehead atoms. The average Bonchev–Trinajstić information content (AvgIpc) is 3.26. The maximum atomic E-state index is 13.8. The molecule has 1 aromatic heterocycles. The van der Waals surface area contributed by atoms with Gasteiger partial charge in [-0.05, 0) is 70.2 Å². The minimum atomic E-state index is -2.76. The van der Waals surface area contributed by atoms with Crippen LogP contribution in [0, 0.1) is 5.82 Å². The van der Waals surface area contributed by atoms with E-state index in [1.807, 2.05) is 19.1 Å². The number of allylic oxidation sites excluding steroid dienone is 1. The Bertz CT molecular complexity index is 1460. The Balaban J connectivity index is 1.94. The van der Waals surface area contributed by atoms with Gasteiger partial charge in [-0.25, -0.2) is 13.9 Å². The summed E-state index contributed by atoms with van der Waals surface area (Å²) in [5.41, 5.74) is 4.83. The van der Waals surface area contributed by atoms with Crippen molar-refractivity contribution < 1.29 is 23.1 Å². The smallest absolute Gasteiger partial charge is 0.333 e. The number of halogens is 4. The molecule has 0 atom stereocenters. The second-order valence-electron chi connectivity index (χ2n) is 7.77. The van der Waals surface area contributed by atoms with E-state index in [1.165, 1.54) is 24.4 Å². The highest BCUT2D eigenvalue weighted by Crippen LogP contribution is 2.38. The number of carboxylic acid groups (broad SMARTS) is 1. The van der Waals surface area contributed by atoms with Gasteiger partial charge in [-0.3, -0.25) is 0 Å². The van der Waals surface area contributed by atoms with Crippen molar-refractivity contribution in [1.82, 2.24) is 9.78 Å². The topological polar surface area (TPSA) is 55.1 Å². The Morgan fingerprint density at radius 2 is 1.80 bits per heavy atom. The predicted octanol–water partition coefficient (Wildman–Crippen LogP) is 7.69. The number of hydrogen-bond donors (Lipinski definition) is 1. The monoisotopic (exact) mass is 496 g/mol. The van der Waals surface area contributed by atoms with Crippen molar-refractivity contribution in [3.63, 3.8) is 0 Å². The average molecular weight is 497 g/mol. The van der Waals surface area contributed by atoms with E-state index in [0.29, 0.717) is 33.1 Å². The third-order valence-corrected chi connectivity index (χ3v) is 5.91. The number of benzene rings is 3. The van der Waals surface area contributed by atoms with Crippen molar-refractivity contribution in [3.05, 3.63) is 106 Å². The van der Waals surface area contributed by atoms with Crippen LogP contribution in [0.2, 0.25) is 5.02 Å². The summed E-state index contributed by atoms with van der Waals surface area (Å²) >= 11 is 6.42. The number of hydrogen-bond acceptors (Lipinski definition) is 2. The molecule has 178 valence electrons.